The number of nitrogens with one attached hydrogen (secondary N) is 1. The number of aromatic amines is 1. The van der Waals surface area contributed by atoms with Crippen molar-refractivity contribution < 1.29 is 13.9 Å². The maximum atomic E-state index is 14.2. The fourth-order valence-corrected chi connectivity index (χ4v) is 4.38. The minimum absolute atomic E-state index is 0.0936. The van der Waals surface area contributed by atoms with E-state index in [1.807, 2.05) is 26.0 Å². The number of halogens is 1. The van der Waals surface area contributed by atoms with Gasteiger partial charge in [-0.15, -0.1) is 10.2 Å². The molecule has 1 atom stereocenters. The van der Waals surface area contributed by atoms with Crippen LogP contribution < -0.4 is 4.74 Å². The maximum absolute atomic E-state index is 14.2. The summed E-state index contributed by atoms with van der Waals surface area (Å²) in [6.45, 7) is 4.55. The maximum Gasteiger partial charge on any atom is 0.256 e. The number of para-hydroxylation sites is 1. The van der Waals surface area contributed by atoms with Crippen LogP contribution >= 0.6 is 0 Å². The third-order valence-electron chi connectivity index (χ3n) is 6.24. The van der Waals surface area contributed by atoms with E-state index >= 15 is 0 Å². The van der Waals surface area contributed by atoms with Crippen LogP contribution in [0.15, 0.2) is 42.7 Å². The largest absolute Gasteiger partial charge is 0.493 e. The molecule has 4 aromatic rings. The zero-order chi connectivity index (χ0) is 23.8. The number of amides is 1. The zero-order valence-corrected chi connectivity index (χ0v) is 19.1. The number of H-pyrrole nitrogens is 1. The first-order chi connectivity index (χ1) is 16.5. The van der Waals surface area contributed by atoms with Gasteiger partial charge in [0.1, 0.15) is 0 Å². The molecule has 10 heteroatoms. The lowest BCUT2D eigenvalue weighted by Gasteiger charge is -2.24. The zero-order valence-electron chi connectivity index (χ0n) is 19.1. The van der Waals surface area contributed by atoms with Crippen molar-refractivity contribution in [2.45, 2.75) is 32.7 Å². The number of hydrogen-bond donors (Lipinski definition) is 1. The van der Waals surface area contributed by atoms with E-state index in [2.05, 4.69) is 25.4 Å². The van der Waals surface area contributed by atoms with Gasteiger partial charge in [-0.3, -0.25) is 4.79 Å². The molecule has 0 aliphatic carbocycles. The van der Waals surface area contributed by atoms with Gasteiger partial charge in [-0.05, 0) is 62.1 Å². The third kappa shape index (κ3) is 3.70. The van der Waals surface area contributed by atoms with Crippen LogP contribution in [0.4, 0.5) is 4.39 Å². The van der Waals surface area contributed by atoms with Crippen LogP contribution in [-0.4, -0.2) is 54.6 Å². The number of carbonyl (C=O) groups is 1. The predicted octanol–water partition coefficient (Wildman–Crippen LogP) is 3.79. The van der Waals surface area contributed by atoms with Gasteiger partial charge in [0.05, 0.1) is 42.4 Å². The van der Waals surface area contributed by atoms with E-state index in [-0.39, 0.29) is 17.7 Å². The van der Waals surface area contributed by atoms with Crippen molar-refractivity contribution in [2.24, 2.45) is 0 Å². The Hall–Kier alpha value is -4.08. The molecule has 5 rings (SSSR count). The van der Waals surface area contributed by atoms with Crippen molar-refractivity contribution in [2.75, 3.05) is 13.7 Å². The molecule has 1 amide bonds. The molecule has 3 heterocycles. The number of aromatic nitrogens is 6. The van der Waals surface area contributed by atoms with E-state index in [4.69, 9.17) is 4.74 Å². The summed E-state index contributed by atoms with van der Waals surface area (Å²) in [5, 5.41) is 17.0. The molecule has 0 saturated carbocycles. The highest BCUT2D eigenvalue weighted by molar-refractivity contribution is 5.98. The highest BCUT2D eigenvalue weighted by atomic mass is 19.1. The molecule has 0 spiro atoms. The van der Waals surface area contributed by atoms with Crippen LogP contribution in [0.1, 0.15) is 46.2 Å². The summed E-state index contributed by atoms with van der Waals surface area (Å²) in [6, 6.07) is 8.15. The Morgan fingerprint density at radius 3 is 2.68 bits per heavy atom. The van der Waals surface area contributed by atoms with Crippen LogP contribution in [0.25, 0.3) is 17.1 Å². The summed E-state index contributed by atoms with van der Waals surface area (Å²) >= 11 is 0. The van der Waals surface area contributed by atoms with Crippen LogP contribution in [0.2, 0.25) is 0 Å². The number of rotatable bonds is 5. The SMILES string of the molecule is COc1c(F)cccc1-c1nnc(C2CCCN2C(=O)c2cc(C)c(C)cc2-n2nccn2)[nH]1. The van der Waals surface area contributed by atoms with Crippen molar-refractivity contribution in [1.82, 2.24) is 35.1 Å². The molecule has 0 radical (unpaired) electrons. The highest BCUT2D eigenvalue weighted by Crippen LogP contribution is 2.35. The Morgan fingerprint density at radius 2 is 1.91 bits per heavy atom. The van der Waals surface area contributed by atoms with Crippen LogP contribution in [0, 0.1) is 19.7 Å². The van der Waals surface area contributed by atoms with Gasteiger partial charge >= 0.3 is 0 Å². The molecule has 0 bridgehead atoms. The molecule has 174 valence electrons. The van der Waals surface area contributed by atoms with Gasteiger partial charge in [0.25, 0.3) is 5.91 Å². The minimum atomic E-state index is -0.481. The molecule has 1 unspecified atom stereocenters. The molecule has 9 nitrogen and oxygen atoms in total. The molecule has 2 aromatic heterocycles. The summed E-state index contributed by atoms with van der Waals surface area (Å²) < 4.78 is 19.4. The first-order valence-electron chi connectivity index (χ1n) is 11.0. The topological polar surface area (TPSA) is 102 Å². The molecule has 2 aromatic carbocycles. The number of nitrogens with zero attached hydrogens (tertiary/aromatic N) is 6. The molecular weight excluding hydrogens is 437 g/mol. The summed E-state index contributed by atoms with van der Waals surface area (Å²) in [4.78, 5) is 20.2. The molecule has 34 heavy (non-hydrogen) atoms. The first-order valence-corrected chi connectivity index (χ1v) is 11.0. The number of likely N-dealkylation sites (tertiary alicyclic amines) is 1. The Kier molecular flexibility index (Phi) is 5.56. The quantitative estimate of drug-likeness (QED) is 0.485. The summed E-state index contributed by atoms with van der Waals surface area (Å²) in [7, 11) is 1.41. The van der Waals surface area contributed by atoms with Gasteiger partial charge in [0.2, 0.25) is 0 Å². The number of benzene rings is 2. The Bertz CT molecular complexity index is 1350. The molecular formula is C24H24FN7O2. The van der Waals surface area contributed by atoms with Crippen LogP contribution in [0.3, 0.4) is 0 Å². The van der Waals surface area contributed by atoms with E-state index in [0.717, 1.165) is 24.0 Å². The van der Waals surface area contributed by atoms with Crippen molar-refractivity contribution in [3.8, 4) is 22.8 Å². The van der Waals surface area contributed by atoms with Gasteiger partial charge < -0.3 is 14.6 Å². The number of aryl methyl sites for hydroxylation is 2. The standard InChI is InChI=1S/C24H24FN7O2/c1-14-12-17(20(13-15(14)2)32-26-9-10-27-32)24(33)31-11-5-8-19(31)23-28-22(29-30-23)16-6-4-7-18(25)21(16)34-3/h4,6-7,9-10,12-13,19H,5,8,11H2,1-3H3,(H,28,29,30). The highest BCUT2D eigenvalue weighted by Gasteiger charge is 2.34. The smallest absolute Gasteiger partial charge is 0.256 e. The number of carbonyl (C=O) groups excluding carboxylic acids is 1. The van der Waals surface area contributed by atoms with Gasteiger partial charge in [0.15, 0.2) is 23.2 Å². The van der Waals surface area contributed by atoms with Gasteiger partial charge in [-0.2, -0.15) is 15.0 Å². The van der Waals surface area contributed by atoms with Gasteiger partial charge in [-0.25, -0.2) is 4.39 Å². The van der Waals surface area contributed by atoms with E-state index in [1.54, 1.807) is 29.4 Å². The Balaban J connectivity index is 1.49. The second kappa shape index (κ2) is 8.69. The molecule has 1 aliphatic rings. The molecule has 1 fully saturated rings. The second-order valence-electron chi connectivity index (χ2n) is 8.31. The Labute approximate surface area is 195 Å². The summed E-state index contributed by atoms with van der Waals surface area (Å²) in [6.07, 6.45) is 4.73. The minimum Gasteiger partial charge on any atom is -0.493 e. The van der Waals surface area contributed by atoms with Crippen molar-refractivity contribution in [3.05, 3.63) is 71.1 Å². The first kappa shape index (κ1) is 21.7. The average Bonchev–Trinajstić information content (AvgIpc) is 3.61. The fraction of sp³-hybridized carbons (Fsp3) is 0.292. The lowest BCUT2D eigenvalue weighted by molar-refractivity contribution is 0.0729. The van der Waals surface area contributed by atoms with E-state index in [9.17, 15) is 9.18 Å². The number of methoxy groups -OCH3 is 1. The lowest BCUT2D eigenvalue weighted by atomic mass is 10.0. The monoisotopic (exact) mass is 461 g/mol. The van der Waals surface area contributed by atoms with Crippen molar-refractivity contribution in [1.29, 1.82) is 0 Å². The predicted molar refractivity (Wildman–Crippen MR) is 122 cm³/mol. The van der Waals surface area contributed by atoms with Crippen molar-refractivity contribution in [3.63, 3.8) is 0 Å². The number of hydrogen-bond acceptors (Lipinski definition) is 6. The molecule has 1 saturated heterocycles. The molecule has 1 aliphatic heterocycles. The summed E-state index contributed by atoms with van der Waals surface area (Å²) in [5.74, 6) is 0.424. The van der Waals surface area contributed by atoms with E-state index in [1.165, 1.54) is 18.0 Å². The second-order valence-corrected chi connectivity index (χ2v) is 8.31. The average molecular weight is 462 g/mol. The normalized spacial score (nSPS) is 15.6. The van der Waals surface area contributed by atoms with Crippen LogP contribution in [0.5, 0.6) is 5.75 Å². The van der Waals surface area contributed by atoms with Crippen molar-refractivity contribution >= 4 is 5.91 Å². The Morgan fingerprint density at radius 1 is 1.15 bits per heavy atom. The van der Waals surface area contributed by atoms with Gasteiger partial charge in [0, 0.05) is 6.54 Å². The summed E-state index contributed by atoms with van der Waals surface area (Å²) in [5.41, 5.74) is 3.68. The van der Waals surface area contributed by atoms with Gasteiger partial charge in [-0.1, -0.05) is 6.07 Å². The lowest BCUT2D eigenvalue weighted by Crippen LogP contribution is -2.32. The third-order valence-corrected chi connectivity index (χ3v) is 6.24. The number of ether oxygens (including phenoxy) is 1. The fourth-order valence-electron chi connectivity index (χ4n) is 4.38. The van der Waals surface area contributed by atoms with E-state index in [0.29, 0.717) is 35.0 Å². The van der Waals surface area contributed by atoms with E-state index < -0.39 is 5.82 Å². The molecule has 1 N–H and O–H groups in total. The van der Waals surface area contributed by atoms with Crippen LogP contribution in [-0.2, 0) is 0 Å².